The number of nitrogens with one attached hydrogen (secondary N) is 2. The van der Waals surface area contributed by atoms with Crippen LogP contribution in [0.4, 0.5) is 11.5 Å². The normalized spacial score (nSPS) is 10.2. The first-order valence-electron chi connectivity index (χ1n) is 6.23. The first kappa shape index (κ1) is 13.1. The molecule has 1 heterocycles. The van der Waals surface area contributed by atoms with Crippen LogP contribution in [0, 0.1) is 6.92 Å². The summed E-state index contributed by atoms with van der Waals surface area (Å²) in [7, 11) is 0. The Bertz CT molecular complexity index is 546. The van der Waals surface area contributed by atoms with Crippen molar-refractivity contribution in [1.29, 1.82) is 0 Å². The van der Waals surface area contributed by atoms with Crippen LogP contribution in [-0.4, -0.2) is 17.6 Å². The van der Waals surface area contributed by atoms with Crippen molar-refractivity contribution >= 4 is 17.4 Å². The van der Waals surface area contributed by atoms with Crippen LogP contribution >= 0.6 is 0 Å². The number of anilines is 2. The van der Waals surface area contributed by atoms with Crippen LogP contribution < -0.4 is 10.6 Å². The second-order valence-electron chi connectivity index (χ2n) is 4.28. The smallest absolute Gasteiger partial charge is 0.243 e. The van der Waals surface area contributed by atoms with Crippen molar-refractivity contribution < 1.29 is 9.32 Å². The molecule has 0 unspecified atom stereocenters. The molecule has 0 radical (unpaired) electrons. The summed E-state index contributed by atoms with van der Waals surface area (Å²) >= 11 is 0. The molecule has 0 spiro atoms. The maximum absolute atomic E-state index is 11.7. The molecule has 0 atom stereocenters. The standard InChI is InChI=1S/C14H17N3O2/c1-3-11-4-6-12(7-5-11)16-14(18)9-15-13-8-10(2)19-17-13/h4-8H,3,9H2,1-2H3,(H,15,17)(H,16,18). The predicted octanol–water partition coefficient (Wildman–Crippen LogP) is 2.60. The molecule has 1 aromatic heterocycles. The molecule has 0 aliphatic heterocycles. The molecule has 0 bridgehead atoms. The Kier molecular flexibility index (Phi) is 4.18. The van der Waals surface area contributed by atoms with Crippen molar-refractivity contribution in [1.82, 2.24) is 5.16 Å². The van der Waals surface area contributed by atoms with Crippen molar-refractivity contribution in [2.24, 2.45) is 0 Å². The van der Waals surface area contributed by atoms with E-state index in [1.807, 2.05) is 24.3 Å². The number of nitrogens with zero attached hydrogens (tertiary/aromatic N) is 1. The first-order valence-corrected chi connectivity index (χ1v) is 6.23. The van der Waals surface area contributed by atoms with Gasteiger partial charge in [0.25, 0.3) is 0 Å². The minimum Gasteiger partial charge on any atom is -0.360 e. The van der Waals surface area contributed by atoms with E-state index in [0.29, 0.717) is 11.6 Å². The average molecular weight is 259 g/mol. The highest BCUT2D eigenvalue weighted by Gasteiger charge is 2.04. The van der Waals surface area contributed by atoms with Crippen LogP contribution in [0.5, 0.6) is 0 Å². The van der Waals surface area contributed by atoms with Gasteiger partial charge < -0.3 is 15.2 Å². The van der Waals surface area contributed by atoms with E-state index in [2.05, 4.69) is 22.7 Å². The molecule has 5 nitrogen and oxygen atoms in total. The maximum atomic E-state index is 11.7. The van der Waals surface area contributed by atoms with Crippen LogP contribution in [0.25, 0.3) is 0 Å². The molecule has 0 aliphatic rings. The monoisotopic (exact) mass is 259 g/mol. The van der Waals surface area contributed by atoms with Crippen molar-refractivity contribution in [3.63, 3.8) is 0 Å². The van der Waals surface area contributed by atoms with Crippen molar-refractivity contribution in [3.8, 4) is 0 Å². The van der Waals surface area contributed by atoms with E-state index in [-0.39, 0.29) is 12.5 Å². The summed E-state index contributed by atoms with van der Waals surface area (Å²) < 4.78 is 4.90. The number of carbonyl (C=O) groups is 1. The number of rotatable bonds is 5. The number of hydrogen-bond acceptors (Lipinski definition) is 4. The minimum absolute atomic E-state index is 0.120. The summed E-state index contributed by atoms with van der Waals surface area (Å²) in [6.07, 6.45) is 0.987. The lowest BCUT2D eigenvalue weighted by Gasteiger charge is -2.06. The molecule has 0 saturated heterocycles. The van der Waals surface area contributed by atoms with Gasteiger partial charge in [-0.05, 0) is 31.0 Å². The van der Waals surface area contributed by atoms with E-state index in [4.69, 9.17) is 4.52 Å². The van der Waals surface area contributed by atoms with Crippen molar-refractivity contribution in [2.45, 2.75) is 20.3 Å². The fourth-order valence-electron chi connectivity index (χ4n) is 1.65. The van der Waals surface area contributed by atoms with Gasteiger partial charge in [-0.15, -0.1) is 0 Å². The summed E-state index contributed by atoms with van der Waals surface area (Å²) in [6, 6.07) is 9.55. The zero-order valence-corrected chi connectivity index (χ0v) is 11.1. The molecule has 19 heavy (non-hydrogen) atoms. The molecule has 2 N–H and O–H groups in total. The van der Waals surface area contributed by atoms with E-state index in [0.717, 1.165) is 12.1 Å². The Morgan fingerprint density at radius 1 is 1.32 bits per heavy atom. The molecule has 2 rings (SSSR count). The topological polar surface area (TPSA) is 67.2 Å². The highest BCUT2D eigenvalue weighted by atomic mass is 16.5. The zero-order valence-electron chi connectivity index (χ0n) is 11.1. The maximum Gasteiger partial charge on any atom is 0.243 e. The van der Waals surface area contributed by atoms with Crippen molar-refractivity contribution in [3.05, 3.63) is 41.7 Å². The van der Waals surface area contributed by atoms with Crippen LogP contribution in [-0.2, 0) is 11.2 Å². The van der Waals surface area contributed by atoms with Gasteiger partial charge in [0.2, 0.25) is 5.91 Å². The van der Waals surface area contributed by atoms with Gasteiger partial charge >= 0.3 is 0 Å². The highest BCUT2D eigenvalue weighted by Crippen LogP contribution is 2.10. The van der Waals surface area contributed by atoms with Gasteiger partial charge in [0.15, 0.2) is 5.82 Å². The van der Waals surface area contributed by atoms with E-state index in [1.54, 1.807) is 13.0 Å². The number of aromatic nitrogens is 1. The number of hydrogen-bond donors (Lipinski definition) is 2. The largest absolute Gasteiger partial charge is 0.360 e. The molecule has 5 heteroatoms. The fourth-order valence-corrected chi connectivity index (χ4v) is 1.65. The Labute approximate surface area is 112 Å². The molecule has 1 amide bonds. The van der Waals surface area contributed by atoms with E-state index >= 15 is 0 Å². The van der Waals surface area contributed by atoms with Gasteiger partial charge in [0.1, 0.15) is 5.76 Å². The van der Waals surface area contributed by atoms with E-state index in [9.17, 15) is 4.79 Å². The third-order valence-corrected chi connectivity index (χ3v) is 2.70. The number of benzene rings is 1. The SMILES string of the molecule is CCc1ccc(NC(=O)CNc2cc(C)on2)cc1. The molecular weight excluding hydrogens is 242 g/mol. The predicted molar refractivity (Wildman–Crippen MR) is 74.2 cm³/mol. The number of amides is 1. The van der Waals surface area contributed by atoms with E-state index < -0.39 is 0 Å². The minimum atomic E-state index is -0.120. The number of aryl methyl sites for hydroxylation is 2. The average Bonchev–Trinajstić information content (AvgIpc) is 2.83. The molecule has 100 valence electrons. The molecule has 0 saturated carbocycles. The Morgan fingerprint density at radius 2 is 2.05 bits per heavy atom. The lowest BCUT2D eigenvalue weighted by Crippen LogP contribution is -2.21. The Morgan fingerprint density at radius 3 is 2.63 bits per heavy atom. The second kappa shape index (κ2) is 6.04. The summed E-state index contributed by atoms with van der Waals surface area (Å²) in [5, 5.41) is 9.45. The lowest BCUT2D eigenvalue weighted by molar-refractivity contribution is -0.114. The van der Waals surface area contributed by atoms with Crippen LogP contribution in [0.3, 0.4) is 0 Å². The summed E-state index contributed by atoms with van der Waals surface area (Å²) in [5.74, 6) is 1.15. The molecule has 0 aliphatic carbocycles. The lowest BCUT2D eigenvalue weighted by atomic mass is 10.1. The zero-order chi connectivity index (χ0) is 13.7. The van der Waals surface area contributed by atoms with Gasteiger partial charge in [0.05, 0.1) is 6.54 Å². The molecule has 0 fully saturated rings. The van der Waals surface area contributed by atoms with Crippen LogP contribution in [0.2, 0.25) is 0 Å². The van der Waals surface area contributed by atoms with Crippen LogP contribution in [0.15, 0.2) is 34.9 Å². The van der Waals surface area contributed by atoms with Gasteiger partial charge in [-0.25, -0.2) is 0 Å². The van der Waals surface area contributed by atoms with Gasteiger partial charge in [-0.3, -0.25) is 4.79 Å². The third-order valence-electron chi connectivity index (χ3n) is 2.70. The quantitative estimate of drug-likeness (QED) is 0.866. The Balaban J connectivity index is 1.83. The van der Waals surface area contributed by atoms with Crippen molar-refractivity contribution in [2.75, 3.05) is 17.2 Å². The van der Waals surface area contributed by atoms with Gasteiger partial charge in [-0.1, -0.05) is 24.2 Å². The first-order chi connectivity index (χ1) is 9.17. The fraction of sp³-hybridized carbons (Fsp3) is 0.286. The summed E-state index contributed by atoms with van der Waals surface area (Å²) in [4.78, 5) is 11.7. The molecule has 1 aromatic carbocycles. The second-order valence-corrected chi connectivity index (χ2v) is 4.28. The van der Waals surface area contributed by atoms with Crippen LogP contribution in [0.1, 0.15) is 18.2 Å². The number of carbonyl (C=O) groups excluding carboxylic acids is 1. The summed E-state index contributed by atoms with van der Waals surface area (Å²) in [6.45, 7) is 4.05. The molecular formula is C14H17N3O2. The van der Waals surface area contributed by atoms with Gasteiger partial charge in [0, 0.05) is 11.8 Å². The van der Waals surface area contributed by atoms with Gasteiger partial charge in [-0.2, -0.15) is 0 Å². The third kappa shape index (κ3) is 3.84. The summed E-state index contributed by atoms with van der Waals surface area (Å²) in [5.41, 5.74) is 2.04. The highest BCUT2D eigenvalue weighted by molar-refractivity contribution is 5.93. The molecule has 2 aromatic rings. The Hall–Kier alpha value is -2.30. The van der Waals surface area contributed by atoms with E-state index in [1.165, 1.54) is 5.56 Å².